The number of hydrogen-bond donors (Lipinski definition) is 0. The molecule has 1 heterocycles. The third-order valence-electron chi connectivity index (χ3n) is 4.92. The number of aromatic nitrogens is 2. The van der Waals surface area contributed by atoms with Gasteiger partial charge in [-0.25, -0.2) is 9.78 Å². The van der Waals surface area contributed by atoms with Crippen LogP contribution < -0.4 is 10.3 Å². The second kappa shape index (κ2) is 10.3. The van der Waals surface area contributed by atoms with Gasteiger partial charge in [0.1, 0.15) is 5.82 Å². The molecule has 0 spiro atoms. The number of para-hydroxylation sites is 1. The largest absolute Gasteiger partial charge is 0.421 e. The molecule has 0 fully saturated rings. The molecule has 0 atom stereocenters. The lowest BCUT2D eigenvalue weighted by atomic mass is 10.2. The summed E-state index contributed by atoms with van der Waals surface area (Å²) in [5, 5.41) is 4.93. The minimum Gasteiger partial charge on any atom is -0.421 e. The van der Waals surface area contributed by atoms with Gasteiger partial charge >= 0.3 is 5.97 Å². The molecule has 34 heavy (non-hydrogen) atoms. The van der Waals surface area contributed by atoms with E-state index in [0.29, 0.717) is 32.3 Å². The molecule has 4 aromatic rings. The summed E-state index contributed by atoms with van der Waals surface area (Å²) < 4.78 is 9.16. The summed E-state index contributed by atoms with van der Waals surface area (Å²) in [6, 6.07) is 17.6. The molecule has 0 saturated heterocycles. The maximum Gasteiger partial charge on any atom is 0.343 e. The second-order valence-electron chi connectivity index (χ2n) is 7.71. The Hall–Kier alpha value is -2.62. The third-order valence-corrected chi connectivity index (χ3v) is 6.49. The summed E-state index contributed by atoms with van der Waals surface area (Å²) in [4.78, 5) is 30.6. The number of halogens is 3. The first-order valence-electron chi connectivity index (χ1n) is 10.3. The zero-order valence-electron chi connectivity index (χ0n) is 18.1. The average Bonchev–Trinajstić information content (AvgIpc) is 2.80. The van der Waals surface area contributed by atoms with Gasteiger partial charge in [-0.3, -0.25) is 4.79 Å². The van der Waals surface area contributed by atoms with E-state index in [-0.39, 0.29) is 17.2 Å². The van der Waals surface area contributed by atoms with Crippen molar-refractivity contribution in [3.8, 4) is 5.75 Å². The van der Waals surface area contributed by atoms with E-state index in [1.54, 1.807) is 48.5 Å². The van der Waals surface area contributed by atoms with Crippen LogP contribution in [0.5, 0.6) is 5.75 Å². The molecule has 0 amide bonds. The molecule has 4 rings (SSSR count). The van der Waals surface area contributed by atoms with E-state index in [2.05, 4.69) is 57.9 Å². The highest BCUT2D eigenvalue weighted by Gasteiger charge is 2.17. The fraction of sp³-hybridized carbons (Fsp3) is 0.120. The first kappa shape index (κ1) is 24.5. The van der Waals surface area contributed by atoms with E-state index in [1.165, 1.54) is 10.9 Å². The van der Waals surface area contributed by atoms with E-state index in [0.717, 1.165) is 8.95 Å². The zero-order valence-corrected chi connectivity index (χ0v) is 22.9. The summed E-state index contributed by atoms with van der Waals surface area (Å²) in [5.41, 5.74) is 1.25. The quantitative estimate of drug-likeness (QED) is 0.134. The predicted molar refractivity (Wildman–Crippen MR) is 144 cm³/mol. The summed E-state index contributed by atoms with van der Waals surface area (Å²) >= 11 is 10.3. The Morgan fingerprint density at radius 2 is 1.74 bits per heavy atom. The summed E-state index contributed by atoms with van der Waals surface area (Å²) in [5.74, 6) is 0.256. The highest BCUT2D eigenvalue weighted by molar-refractivity contribution is 9.11. The van der Waals surface area contributed by atoms with Gasteiger partial charge in [0.05, 0.1) is 27.2 Å². The molecular formula is C25H18Br3N3O3. The molecule has 0 saturated carbocycles. The third kappa shape index (κ3) is 5.21. The Balaban J connectivity index is 1.78. The SMILES string of the molecule is CC(C)c1nc2ccccc2c(=O)n1N=Cc1cc(Br)cc(Br)c1OC(=O)c1ccc(Br)cc1. The fourth-order valence-corrected chi connectivity index (χ4v) is 4.87. The van der Waals surface area contributed by atoms with Gasteiger partial charge in [0.25, 0.3) is 5.56 Å². The van der Waals surface area contributed by atoms with E-state index in [4.69, 9.17) is 4.74 Å². The smallest absolute Gasteiger partial charge is 0.343 e. The van der Waals surface area contributed by atoms with Gasteiger partial charge in [0, 0.05) is 20.4 Å². The van der Waals surface area contributed by atoms with Crippen molar-refractivity contribution in [3.63, 3.8) is 0 Å². The number of rotatable bonds is 5. The number of carbonyl (C=O) groups is 1. The molecule has 6 nitrogen and oxygen atoms in total. The van der Waals surface area contributed by atoms with Crippen molar-refractivity contribution in [2.24, 2.45) is 5.10 Å². The molecule has 0 aliphatic carbocycles. The maximum atomic E-state index is 13.2. The number of fused-ring (bicyclic) bond motifs is 1. The van der Waals surface area contributed by atoms with Gasteiger partial charge < -0.3 is 4.74 Å². The van der Waals surface area contributed by atoms with Gasteiger partial charge in [-0.15, -0.1) is 0 Å². The van der Waals surface area contributed by atoms with Crippen molar-refractivity contribution in [2.75, 3.05) is 0 Å². The van der Waals surface area contributed by atoms with Crippen LogP contribution in [0.2, 0.25) is 0 Å². The Morgan fingerprint density at radius 3 is 2.44 bits per heavy atom. The predicted octanol–water partition coefficient (Wildman–Crippen LogP) is 6.91. The Labute approximate surface area is 221 Å². The number of nitrogens with zero attached hydrogens (tertiary/aromatic N) is 3. The Kier molecular flexibility index (Phi) is 7.45. The minimum absolute atomic E-state index is 0.0431. The molecule has 0 N–H and O–H groups in total. The van der Waals surface area contributed by atoms with Crippen LogP contribution in [-0.4, -0.2) is 21.8 Å². The monoisotopic (exact) mass is 645 g/mol. The van der Waals surface area contributed by atoms with Crippen molar-refractivity contribution in [1.29, 1.82) is 0 Å². The topological polar surface area (TPSA) is 73.6 Å². The molecular weight excluding hydrogens is 630 g/mol. The first-order valence-corrected chi connectivity index (χ1v) is 12.7. The van der Waals surface area contributed by atoms with Gasteiger partial charge in [0.2, 0.25) is 0 Å². The lowest BCUT2D eigenvalue weighted by Crippen LogP contribution is -2.23. The molecule has 0 aliphatic rings. The summed E-state index contributed by atoms with van der Waals surface area (Å²) in [7, 11) is 0. The molecule has 1 aromatic heterocycles. The van der Waals surface area contributed by atoms with Gasteiger partial charge in [0.15, 0.2) is 5.75 Å². The second-order valence-corrected chi connectivity index (χ2v) is 10.4. The molecule has 0 bridgehead atoms. The summed E-state index contributed by atoms with van der Waals surface area (Å²) in [6.45, 7) is 3.90. The number of ether oxygens (including phenoxy) is 1. The van der Waals surface area contributed by atoms with Crippen molar-refractivity contribution in [3.05, 3.63) is 101 Å². The van der Waals surface area contributed by atoms with Crippen LogP contribution in [0.25, 0.3) is 10.9 Å². The van der Waals surface area contributed by atoms with Crippen LogP contribution in [0.15, 0.2) is 84.0 Å². The normalized spacial score (nSPS) is 11.5. The minimum atomic E-state index is -0.516. The van der Waals surface area contributed by atoms with E-state index in [1.807, 2.05) is 26.0 Å². The molecule has 0 unspecified atom stereocenters. The number of esters is 1. The number of carbonyl (C=O) groups excluding carboxylic acids is 1. The van der Waals surface area contributed by atoms with Crippen LogP contribution in [0, 0.1) is 0 Å². The van der Waals surface area contributed by atoms with Gasteiger partial charge in [-0.05, 0) is 64.5 Å². The molecule has 172 valence electrons. The fourth-order valence-electron chi connectivity index (χ4n) is 3.27. The van der Waals surface area contributed by atoms with Gasteiger partial charge in [-0.1, -0.05) is 57.8 Å². The Bertz CT molecular complexity index is 1480. The summed E-state index contributed by atoms with van der Waals surface area (Å²) in [6.07, 6.45) is 1.49. The molecule has 0 radical (unpaired) electrons. The maximum absolute atomic E-state index is 13.2. The first-order chi connectivity index (χ1) is 16.2. The standard InChI is InChI=1S/C25H18Br3N3O3/c1-14(2)23-30-21-6-4-3-5-19(21)24(32)31(23)29-13-16-11-18(27)12-20(28)22(16)34-25(33)15-7-9-17(26)10-8-15/h3-14H,1-2H3. The van der Waals surface area contributed by atoms with Crippen LogP contribution in [0.1, 0.15) is 41.5 Å². The van der Waals surface area contributed by atoms with Crippen LogP contribution >= 0.6 is 47.8 Å². The van der Waals surface area contributed by atoms with E-state index < -0.39 is 5.97 Å². The van der Waals surface area contributed by atoms with Crippen LogP contribution in [-0.2, 0) is 0 Å². The van der Waals surface area contributed by atoms with Gasteiger partial charge in [-0.2, -0.15) is 9.78 Å². The van der Waals surface area contributed by atoms with Crippen molar-refractivity contribution in [1.82, 2.24) is 9.66 Å². The van der Waals surface area contributed by atoms with Crippen molar-refractivity contribution < 1.29 is 9.53 Å². The number of hydrogen-bond acceptors (Lipinski definition) is 5. The molecule has 3 aromatic carbocycles. The van der Waals surface area contributed by atoms with Crippen LogP contribution in [0.4, 0.5) is 0 Å². The van der Waals surface area contributed by atoms with Crippen LogP contribution in [0.3, 0.4) is 0 Å². The lowest BCUT2D eigenvalue weighted by molar-refractivity contribution is 0.0733. The van der Waals surface area contributed by atoms with E-state index >= 15 is 0 Å². The highest BCUT2D eigenvalue weighted by atomic mass is 79.9. The highest BCUT2D eigenvalue weighted by Crippen LogP contribution is 2.33. The Morgan fingerprint density at radius 1 is 1.03 bits per heavy atom. The molecule has 0 aliphatic heterocycles. The van der Waals surface area contributed by atoms with Crippen molar-refractivity contribution in [2.45, 2.75) is 19.8 Å². The lowest BCUT2D eigenvalue weighted by Gasteiger charge is -2.13. The van der Waals surface area contributed by atoms with Crippen molar-refractivity contribution >= 4 is 70.9 Å². The zero-order chi connectivity index (χ0) is 24.4. The molecule has 9 heteroatoms. The van der Waals surface area contributed by atoms with E-state index in [9.17, 15) is 9.59 Å². The average molecular weight is 648 g/mol. The number of benzene rings is 3.